The van der Waals surface area contributed by atoms with E-state index in [9.17, 15) is 5.11 Å². The molecule has 2 nitrogen and oxygen atoms in total. The Morgan fingerprint density at radius 2 is 2.45 bits per heavy atom. The van der Waals surface area contributed by atoms with E-state index in [0.29, 0.717) is 6.42 Å². The zero-order valence-corrected chi connectivity index (χ0v) is 7.69. The van der Waals surface area contributed by atoms with Gasteiger partial charge in [0.2, 0.25) is 5.06 Å². The molecule has 0 spiro atoms. The topological polar surface area (TPSA) is 32.3 Å². The van der Waals surface area contributed by atoms with E-state index in [0.717, 1.165) is 18.6 Å². The van der Waals surface area contributed by atoms with Gasteiger partial charge in [0.05, 0.1) is 0 Å². The van der Waals surface area contributed by atoms with E-state index >= 15 is 0 Å². The van der Waals surface area contributed by atoms with Crippen molar-refractivity contribution in [2.75, 3.05) is 5.75 Å². The van der Waals surface area contributed by atoms with E-state index in [4.69, 9.17) is 0 Å². The number of rotatable bonds is 4. The first-order valence-corrected chi connectivity index (χ1v) is 5.13. The average Bonchev–Trinajstić information content (AvgIpc) is 2.38. The number of hydrogen-bond donors (Lipinski definition) is 0. The Morgan fingerprint density at radius 1 is 1.64 bits per heavy atom. The molecular formula is C8H14NOS. The van der Waals surface area contributed by atoms with Crippen molar-refractivity contribution in [1.82, 2.24) is 0 Å². The van der Waals surface area contributed by atoms with Gasteiger partial charge in [-0.3, -0.25) is 0 Å². The molecular weight excluding hydrogens is 158 g/mol. The highest BCUT2D eigenvalue weighted by Crippen LogP contribution is 2.33. The first-order chi connectivity index (χ1) is 5.27. The summed E-state index contributed by atoms with van der Waals surface area (Å²) in [5.74, 6) is 0.801. The highest BCUT2D eigenvalue weighted by molar-refractivity contribution is 8.01. The van der Waals surface area contributed by atoms with Gasteiger partial charge in [0.1, 0.15) is 0 Å². The van der Waals surface area contributed by atoms with Crippen LogP contribution >= 0.6 is 11.8 Å². The standard InChI is InChI=1S/C8H14NOS/c1-2-3-4-5-8(10)9-6-7-11-8/h6H,2-5,7H2,1H3. The molecule has 0 fully saturated rings. The van der Waals surface area contributed by atoms with Crippen LogP contribution in [0.5, 0.6) is 0 Å². The highest BCUT2D eigenvalue weighted by Gasteiger charge is 2.30. The lowest BCUT2D eigenvalue weighted by atomic mass is 10.2. The lowest BCUT2D eigenvalue weighted by molar-refractivity contribution is 0.0559. The fourth-order valence-electron chi connectivity index (χ4n) is 1.12. The SMILES string of the molecule is CCCCCC1([O])N=CCS1. The van der Waals surface area contributed by atoms with Crippen molar-refractivity contribution in [3.05, 3.63) is 0 Å². The van der Waals surface area contributed by atoms with E-state index in [1.54, 1.807) is 6.21 Å². The van der Waals surface area contributed by atoms with Gasteiger partial charge < -0.3 is 0 Å². The Labute approximate surface area is 72.1 Å². The maximum atomic E-state index is 11.5. The molecule has 1 atom stereocenters. The Balaban J connectivity index is 2.18. The lowest BCUT2D eigenvalue weighted by Gasteiger charge is -2.14. The van der Waals surface area contributed by atoms with Crippen molar-refractivity contribution in [3.8, 4) is 0 Å². The van der Waals surface area contributed by atoms with Crippen LogP contribution in [-0.2, 0) is 5.11 Å². The first-order valence-electron chi connectivity index (χ1n) is 4.15. The summed E-state index contributed by atoms with van der Waals surface area (Å²) in [6.07, 6.45) is 5.78. The molecule has 0 aromatic rings. The molecule has 0 aromatic heterocycles. The molecule has 0 saturated heterocycles. The molecule has 0 saturated carbocycles. The second-order valence-electron chi connectivity index (χ2n) is 2.79. The summed E-state index contributed by atoms with van der Waals surface area (Å²) in [6, 6.07) is 0. The van der Waals surface area contributed by atoms with Crippen molar-refractivity contribution < 1.29 is 5.11 Å². The normalized spacial score (nSPS) is 29.6. The fourth-order valence-corrected chi connectivity index (χ4v) is 1.96. The number of nitrogens with zero attached hydrogens (tertiary/aromatic N) is 1. The van der Waals surface area contributed by atoms with Crippen molar-refractivity contribution in [3.63, 3.8) is 0 Å². The molecule has 1 rings (SSSR count). The van der Waals surface area contributed by atoms with Gasteiger partial charge in [-0.1, -0.05) is 31.5 Å². The third-order valence-corrected chi connectivity index (χ3v) is 2.84. The summed E-state index contributed by atoms with van der Waals surface area (Å²) in [4.78, 5) is 3.92. The van der Waals surface area contributed by atoms with Gasteiger partial charge in [-0.2, -0.15) is 5.11 Å². The molecule has 0 aliphatic carbocycles. The summed E-state index contributed by atoms with van der Waals surface area (Å²) in [6.45, 7) is 2.14. The predicted molar refractivity (Wildman–Crippen MR) is 48.5 cm³/mol. The lowest BCUT2D eigenvalue weighted by Crippen LogP contribution is -2.15. The van der Waals surface area contributed by atoms with Crippen LogP contribution in [0.1, 0.15) is 32.6 Å². The summed E-state index contributed by atoms with van der Waals surface area (Å²) >= 11 is 1.42. The van der Waals surface area contributed by atoms with Crippen molar-refractivity contribution >= 4 is 18.0 Å². The number of thioether (sulfide) groups is 1. The molecule has 0 aromatic carbocycles. The van der Waals surface area contributed by atoms with Crippen LogP contribution in [0.25, 0.3) is 0 Å². The van der Waals surface area contributed by atoms with Crippen molar-refractivity contribution in [2.45, 2.75) is 37.7 Å². The predicted octanol–water partition coefficient (Wildman–Crippen LogP) is 2.47. The summed E-state index contributed by atoms with van der Waals surface area (Å²) in [5, 5.41) is 10.5. The maximum absolute atomic E-state index is 11.5. The van der Waals surface area contributed by atoms with Crippen LogP contribution in [0.2, 0.25) is 0 Å². The maximum Gasteiger partial charge on any atom is 0.239 e. The van der Waals surface area contributed by atoms with Crippen molar-refractivity contribution in [1.29, 1.82) is 0 Å². The van der Waals surface area contributed by atoms with Gasteiger partial charge >= 0.3 is 0 Å². The van der Waals surface area contributed by atoms with Crippen LogP contribution in [0.15, 0.2) is 4.99 Å². The van der Waals surface area contributed by atoms with Gasteiger partial charge in [-0.25, -0.2) is 4.99 Å². The zero-order chi connectivity index (χ0) is 8.16. The van der Waals surface area contributed by atoms with E-state index in [2.05, 4.69) is 11.9 Å². The zero-order valence-electron chi connectivity index (χ0n) is 6.88. The largest absolute Gasteiger partial charge is 0.250 e. The second-order valence-corrected chi connectivity index (χ2v) is 4.05. The van der Waals surface area contributed by atoms with Crippen LogP contribution in [0, 0.1) is 0 Å². The molecule has 63 valence electrons. The minimum atomic E-state index is -1.02. The first kappa shape index (κ1) is 9.07. The molecule has 1 aliphatic rings. The Hall–Kier alpha value is -0.0200. The summed E-state index contributed by atoms with van der Waals surface area (Å²) in [5.41, 5.74) is 0. The highest BCUT2D eigenvalue weighted by atomic mass is 32.2. The van der Waals surface area contributed by atoms with Gasteiger partial charge in [-0.15, -0.1) is 0 Å². The quantitative estimate of drug-likeness (QED) is 0.599. The summed E-state index contributed by atoms with van der Waals surface area (Å²) in [7, 11) is 0. The fraction of sp³-hybridized carbons (Fsp3) is 0.875. The minimum Gasteiger partial charge on any atom is -0.250 e. The van der Waals surface area contributed by atoms with Crippen LogP contribution in [-0.4, -0.2) is 17.0 Å². The molecule has 3 heteroatoms. The molecule has 0 bridgehead atoms. The van der Waals surface area contributed by atoms with E-state index in [1.807, 2.05) is 0 Å². The van der Waals surface area contributed by atoms with E-state index < -0.39 is 5.06 Å². The van der Waals surface area contributed by atoms with E-state index in [1.165, 1.54) is 18.2 Å². The van der Waals surface area contributed by atoms with Gasteiger partial charge in [0.15, 0.2) is 0 Å². The molecule has 1 unspecified atom stereocenters. The van der Waals surface area contributed by atoms with Gasteiger partial charge in [0, 0.05) is 18.4 Å². The Morgan fingerprint density at radius 3 is 3.00 bits per heavy atom. The van der Waals surface area contributed by atoms with E-state index in [-0.39, 0.29) is 0 Å². The second kappa shape index (κ2) is 4.12. The van der Waals surface area contributed by atoms with Crippen LogP contribution in [0.3, 0.4) is 0 Å². The molecule has 0 N–H and O–H groups in total. The average molecular weight is 172 g/mol. The minimum absolute atomic E-state index is 0.696. The summed E-state index contributed by atoms with van der Waals surface area (Å²) < 4.78 is 0. The smallest absolute Gasteiger partial charge is 0.239 e. The van der Waals surface area contributed by atoms with Gasteiger partial charge in [0.25, 0.3) is 0 Å². The Kier molecular flexibility index (Phi) is 3.40. The molecule has 11 heavy (non-hydrogen) atoms. The number of unbranched alkanes of at least 4 members (excludes halogenated alkanes) is 2. The molecule has 1 heterocycles. The van der Waals surface area contributed by atoms with Crippen LogP contribution < -0.4 is 0 Å². The monoisotopic (exact) mass is 172 g/mol. The molecule has 0 amide bonds. The number of hydrogen-bond acceptors (Lipinski definition) is 2. The van der Waals surface area contributed by atoms with Crippen LogP contribution in [0.4, 0.5) is 0 Å². The van der Waals surface area contributed by atoms with Crippen molar-refractivity contribution in [2.24, 2.45) is 4.99 Å². The third-order valence-electron chi connectivity index (χ3n) is 1.77. The van der Waals surface area contributed by atoms with Gasteiger partial charge in [-0.05, 0) is 6.42 Å². The Bertz CT molecular complexity index is 149. The molecule has 1 aliphatic heterocycles. The number of aliphatic imine (C=N–C) groups is 1. The molecule has 1 radical (unpaired) electrons. The third kappa shape index (κ3) is 2.83.